The molecular formula is C23H21F4N7O. The molecule has 0 radical (unpaired) electrons. The minimum atomic E-state index is -4.76. The fraction of sp³-hybridized carbons (Fsp3) is 0.348. The molecule has 1 N–H and O–H groups in total. The van der Waals surface area contributed by atoms with Crippen LogP contribution in [0.2, 0.25) is 0 Å². The number of halogens is 4. The molecule has 182 valence electrons. The van der Waals surface area contributed by atoms with Crippen molar-refractivity contribution >= 4 is 11.7 Å². The van der Waals surface area contributed by atoms with Gasteiger partial charge >= 0.3 is 6.18 Å². The molecule has 0 spiro atoms. The van der Waals surface area contributed by atoms with Crippen molar-refractivity contribution in [2.75, 3.05) is 11.4 Å². The lowest BCUT2D eigenvalue weighted by atomic mass is 10.1. The van der Waals surface area contributed by atoms with E-state index in [9.17, 15) is 27.6 Å². The van der Waals surface area contributed by atoms with E-state index in [-0.39, 0.29) is 29.7 Å². The Kier molecular flexibility index (Phi) is 6.19. The number of hydrogen-bond donors (Lipinski definition) is 1. The maximum Gasteiger partial charge on any atom is 0.417 e. The first-order valence-electron chi connectivity index (χ1n) is 10.7. The van der Waals surface area contributed by atoms with Crippen LogP contribution >= 0.6 is 0 Å². The van der Waals surface area contributed by atoms with Crippen LogP contribution in [0.15, 0.2) is 30.6 Å². The summed E-state index contributed by atoms with van der Waals surface area (Å²) in [7, 11) is 0. The quantitative estimate of drug-likeness (QED) is 0.563. The summed E-state index contributed by atoms with van der Waals surface area (Å²) in [4.78, 5) is 26.2. The smallest absolute Gasteiger partial charge is 0.352 e. The number of carbonyl (C=O) groups is 1. The third-order valence-corrected chi connectivity index (χ3v) is 5.75. The van der Waals surface area contributed by atoms with Crippen molar-refractivity contribution in [1.82, 2.24) is 24.8 Å². The van der Waals surface area contributed by atoms with E-state index in [0.29, 0.717) is 18.1 Å². The van der Waals surface area contributed by atoms with Crippen LogP contribution in [-0.2, 0) is 11.0 Å². The van der Waals surface area contributed by atoms with E-state index in [1.807, 2.05) is 0 Å². The van der Waals surface area contributed by atoms with Gasteiger partial charge in [0.2, 0.25) is 5.91 Å². The van der Waals surface area contributed by atoms with E-state index in [0.717, 1.165) is 6.07 Å². The summed E-state index contributed by atoms with van der Waals surface area (Å²) in [5.41, 5.74) is -1.43. The second-order valence-corrected chi connectivity index (χ2v) is 8.31. The summed E-state index contributed by atoms with van der Waals surface area (Å²) in [6, 6.07) is 4.14. The summed E-state index contributed by atoms with van der Waals surface area (Å²) in [6.45, 7) is 4.38. The number of hydrogen-bond acceptors (Lipinski definition) is 6. The fourth-order valence-corrected chi connectivity index (χ4v) is 4.33. The second-order valence-electron chi connectivity index (χ2n) is 8.31. The Morgan fingerprint density at radius 2 is 2.00 bits per heavy atom. The average Bonchev–Trinajstić information content (AvgIpc) is 3.41. The molecule has 1 fully saturated rings. The van der Waals surface area contributed by atoms with E-state index >= 15 is 0 Å². The third-order valence-electron chi connectivity index (χ3n) is 5.75. The van der Waals surface area contributed by atoms with Crippen molar-refractivity contribution < 1.29 is 22.4 Å². The normalized spacial score (nSPS) is 17.9. The number of nitrogens with one attached hydrogen (secondary N) is 1. The van der Waals surface area contributed by atoms with Crippen LogP contribution in [0.25, 0.3) is 5.82 Å². The molecule has 0 aliphatic carbocycles. The fourth-order valence-electron chi connectivity index (χ4n) is 4.33. The number of rotatable bonds is 4. The van der Waals surface area contributed by atoms with E-state index in [2.05, 4.69) is 20.3 Å². The molecule has 1 saturated heterocycles. The largest absolute Gasteiger partial charge is 0.417 e. The second kappa shape index (κ2) is 8.98. The molecule has 12 heteroatoms. The molecule has 1 aliphatic heterocycles. The Labute approximate surface area is 198 Å². The lowest BCUT2D eigenvalue weighted by molar-refractivity contribution is -0.137. The number of nitriles is 1. The van der Waals surface area contributed by atoms with Gasteiger partial charge in [-0.3, -0.25) is 9.36 Å². The van der Waals surface area contributed by atoms with Gasteiger partial charge in [-0.05, 0) is 38.5 Å². The standard InChI is InChI=1S/C23H21F4N7O/c1-12-8-17(23(25,26)27)16(10-28)21(30-12)34-11-15(32-14(3)35)9-19(34)22-29-6-7-33(22)20-5-4-18(24)13(2)31-20/h4-8,15,19H,9,11H2,1-3H3,(H,32,35)/t15-,19-/m0/s1. The van der Waals surface area contributed by atoms with Gasteiger partial charge in [-0.25, -0.2) is 19.3 Å². The van der Waals surface area contributed by atoms with E-state index in [1.54, 1.807) is 21.7 Å². The number of imidazole rings is 1. The highest BCUT2D eigenvalue weighted by Gasteiger charge is 2.42. The first kappa shape index (κ1) is 24.1. The van der Waals surface area contributed by atoms with Gasteiger partial charge in [0.25, 0.3) is 0 Å². The Balaban J connectivity index is 1.86. The van der Waals surface area contributed by atoms with Crippen LogP contribution < -0.4 is 10.2 Å². The van der Waals surface area contributed by atoms with Crippen molar-refractivity contribution in [2.45, 2.75) is 45.5 Å². The van der Waals surface area contributed by atoms with Crippen molar-refractivity contribution in [1.29, 1.82) is 5.26 Å². The van der Waals surface area contributed by atoms with Crippen molar-refractivity contribution in [2.24, 2.45) is 0 Å². The molecule has 8 nitrogen and oxygen atoms in total. The van der Waals surface area contributed by atoms with Crippen LogP contribution in [0.1, 0.15) is 47.7 Å². The molecule has 4 heterocycles. The van der Waals surface area contributed by atoms with Crippen molar-refractivity contribution in [3.8, 4) is 11.9 Å². The average molecular weight is 487 g/mol. The number of alkyl halides is 3. The van der Waals surface area contributed by atoms with Gasteiger partial charge in [-0.2, -0.15) is 18.4 Å². The topological polar surface area (TPSA) is 99.7 Å². The summed E-state index contributed by atoms with van der Waals surface area (Å²) in [6.07, 6.45) is -1.36. The molecule has 1 amide bonds. The lowest BCUT2D eigenvalue weighted by Crippen LogP contribution is -2.36. The summed E-state index contributed by atoms with van der Waals surface area (Å²) in [5, 5.41) is 12.5. The predicted molar refractivity (Wildman–Crippen MR) is 117 cm³/mol. The highest BCUT2D eigenvalue weighted by molar-refractivity contribution is 5.73. The van der Waals surface area contributed by atoms with E-state index in [4.69, 9.17) is 0 Å². The molecule has 35 heavy (non-hydrogen) atoms. The van der Waals surface area contributed by atoms with Crippen LogP contribution in [0.5, 0.6) is 0 Å². The van der Waals surface area contributed by atoms with Gasteiger partial charge in [0.15, 0.2) is 0 Å². The monoisotopic (exact) mass is 487 g/mol. The molecule has 2 atom stereocenters. The Morgan fingerprint density at radius 3 is 2.63 bits per heavy atom. The summed E-state index contributed by atoms with van der Waals surface area (Å²) >= 11 is 0. The van der Waals surface area contributed by atoms with Crippen LogP contribution in [0, 0.1) is 31.0 Å². The van der Waals surface area contributed by atoms with Crippen molar-refractivity contribution in [3.05, 3.63) is 64.7 Å². The number of aryl methyl sites for hydroxylation is 2. The van der Waals surface area contributed by atoms with Gasteiger partial charge < -0.3 is 10.2 Å². The number of carbonyl (C=O) groups excluding carboxylic acids is 1. The number of amides is 1. The SMILES string of the molecule is CC(=O)N[C@H]1C[C@@H](c2nccn2-c2ccc(F)c(C)n2)N(c2nc(C)cc(C(F)(F)F)c2C#N)C1. The molecular weight excluding hydrogens is 466 g/mol. The van der Waals surface area contributed by atoms with Crippen molar-refractivity contribution in [3.63, 3.8) is 0 Å². The summed E-state index contributed by atoms with van der Waals surface area (Å²) < 4.78 is 56.6. The van der Waals surface area contributed by atoms with Crippen LogP contribution in [-0.4, -0.2) is 38.0 Å². The van der Waals surface area contributed by atoms with Gasteiger partial charge in [0, 0.05) is 37.6 Å². The van der Waals surface area contributed by atoms with Crippen LogP contribution in [0.4, 0.5) is 23.4 Å². The highest BCUT2D eigenvalue weighted by Crippen LogP contribution is 2.41. The maximum atomic E-state index is 13.8. The Morgan fingerprint density at radius 1 is 1.26 bits per heavy atom. The molecule has 0 unspecified atom stereocenters. The van der Waals surface area contributed by atoms with E-state index < -0.39 is 35.2 Å². The van der Waals surface area contributed by atoms with Gasteiger partial charge in [-0.1, -0.05) is 0 Å². The third kappa shape index (κ3) is 4.66. The zero-order valence-corrected chi connectivity index (χ0v) is 19.1. The van der Waals surface area contributed by atoms with Crippen LogP contribution in [0.3, 0.4) is 0 Å². The molecule has 0 aromatic carbocycles. The lowest BCUT2D eigenvalue weighted by Gasteiger charge is -2.27. The number of nitrogens with zero attached hydrogens (tertiary/aromatic N) is 6. The van der Waals surface area contributed by atoms with Gasteiger partial charge in [0.05, 0.1) is 17.3 Å². The zero-order chi connectivity index (χ0) is 25.5. The predicted octanol–water partition coefficient (Wildman–Crippen LogP) is 3.76. The van der Waals surface area contributed by atoms with E-state index in [1.165, 1.54) is 39.1 Å². The number of aromatic nitrogens is 4. The molecule has 0 saturated carbocycles. The van der Waals surface area contributed by atoms with Gasteiger partial charge in [-0.15, -0.1) is 0 Å². The zero-order valence-electron chi connectivity index (χ0n) is 19.1. The molecule has 0 bridgehead atoms. The molecule has 1 aliphatic rings. The maximum absolute atomic E-state index is 13.8. The minimum absolute atomic E-state index is 0.0900. The molecule has 4 rings (SSSR count). The summed E-state index contributed by atoms with van der Waals surface area (Å²) in [5.74, 6) is -0.157. The molecule has 3 aromatic rings. The molecule has 3 aromatic heterocycles. The number of pyridine rings is 2. The highest BCUT2D eigenvalue weighted by atomic mass is 19.4. The Bertz CT molecular complexity index is 1330. The Hall–Kier alpha value is -4.01. The number of anilines is 1. The first-order chi connectivity index (χ1) is 16.5. The minimum Gasteiger partial charge on any atom is -0.352 e. The van der Waals surface area contributed by atoms with Gasteiger partial charge in [0.1, 0.15) is 34.9 Å². The first-order valence-corrected chi connectivity index (χ1v) is 10.7.